The Labute approximate surface area is 213 Å². The predicted octanol–water partition coefficient (Wildman–Crippen LogP) is 3.33. The molecule has 0 radical (unpaired) electrons. The Morgan fingerprint density at radius 3 is 2.51 bits per heavy atom. The number of imide groups is 1. The Bertz CT molecular complexity index is 1580. The fraction of sp³-hybridized carbons (Fsp3) is 0.214. The fourth-order valence-corrected chi connectivity index (χ4v) is 5.18. The van der Waals surface area contributed by atoms with Crippen molar-refractivity contribution >= 4 is 28.7 Å². The van der Waals surface area contributed by atoms with E-state index in [1.165, 1.54) is 0 Å². The van der Waals surface area contributed by atoms with Gasteiger partial charge in [-0.15, -0.1) is 0 Å². The van der Waals surface area contributed by atoms with Gasteiger partial charge in [0.1, 0.15) is 5.75 Å². The first kappa shape index (κ1) is 22.8. The third-order valence-electron chi connectivity index (χ3n) is 6.97. The number of nitrogens with zero attached hydrogens (tertiary/aromatic N) is 3. The number of nitrogens with one attached hydrogen (secondary N) is 2. The van der Waals surface area contributed by atoms with Crippen LogP contribution in [0.15, 0.2) is 66.9 Å². The van der Waals surface area contributed by atoms with Crippen LogP contribution < -0.4 is 15.4 Å². The quantitative estimate of drug-likeness (QED) is 0.399. The van der Waals surface area contributed by atoms with Crippen LogP contribution in [0.5, 0.6) is 5.75 Å². The lowest BCUT2D eigenvalue weighted by Gasteiger charge is -2.31. The van der Waals surface area contributed by atoms with Crippen molar-refractivity contribution in [1.82, 2.24) is 25.3 Å². The SMILES string of the molecule is CCOc1ccc2c(c1)C(=O)N(C[C@@]1(c3ccc(-c4ccc5nn(C)cc5c4)cc3)NC(=O)NC1=O)C2. The summed E-state index contributed by atoms with van der Waals surface area (Å²) in [5.41, 5.74) is 3.49. The van der Waals surface area contributed by atoms with Crippen LogP contribution in [0, 0.1) is 0 Å². The Hall–Kier alpha value is -4.66. The van der Waals surface area contributed by atoms with Gasteiger partial charge in [-0.2, -0.15) is 5.10 Å². The number of aryl methyl sites for hydroxylation is 1. The first-order valence-corrected chi connectivity index (χ1v) is 12.1. The zero-order chi connectivity index (χ0) is 25.7. The largest absolute Gasteiger partial charge is 0.494 e. The zero-order valence-corrected chi connectivity index (χ0v) is 20.4. The first-order chi connectivity index (χ1) is 17.9. The predicted molar refractivity (Wildman–Crippen MR) is 137 cm³/mol. The number of benzene rings is 3. The molecular weight excluding hydrogens is 470 g/mol. The van der Waals surface area contributed by atoms with E-state index in [9.17, 15) is 14.4 Å². The van der Waals surface area contributed by atoms with Crippen LogP contribution in [0.2, 0.25) is 0 Å². The number of fused-ring (bicyclic) bond motifs is 2. The van der Waals surface area contributed by atoms with Crippen molar-refractivity contribution in [2.75, 3.05) is 13.2 Å². The standard InChI is InChI=1S/C28H25N5O4/c1-3-37-22-10-6-19-15-33(25(34)23(19)13-22)16-28(26(35)29-27(36)30-28)21-8-4-17(5-9-21)18-7-11-24-20(12-18)14-32(2)31-24/h4-14H,3,15-16H2,1-2H3,(H2,29,30,35,36)/t28-/m0/s1. The van der Waals surface area contributed by atoms with Gasteiger partial charge in [-0.3, -0.25) is 19.6 Å². The highest BCUT2D eigenvalue weighted by molar-refractivity contribution is 6.08. The lowest BCUT2D eigenvalue weighted by atomic mass is 9.88. The van der Waals surface area contributed by atoms with Crippen molar-refractivity contribution in [2.45, 2.75) is 19.0 Å². The molecule has 1 aromatic heterocycles. The molecule has 0 saturated carbocycles. The van der Waals surface area contributed by atoms with E-state index in [2.05, 4.69) is 21.8 Å². The molecule has 2 N–H and O–H groups in total. The molecule has 3 aromatic carbocycles. The Kier molecular flexibility index (Phi) is 5.22. The van der Waals surface area contributed by atoms with Crippen molar-refractivity contribution in [3.63, 3.8) is 0 Å². The second-order valence-corrected chi connectivity index (χ2v) is 9.38. The highest BCUT2D eigenvalue weighted by atomic mass is 16.5. The third kappa shape index (κ3) is 3.79. The number of rotatable bonds is 6. The van der Waals surface area contributed by atoms with Gasteiger partial charge in [-0.05, 0) is 53.4 Å². The minimum atomic E-state index is -1.40. The molecule has 2 aliphatic rings. The summed E-state index contributed by atoms with van der Waals surface area (Å²) < 4.78 is 7.32. The van der Waals surface area contributed by atoms with Crippen LogP contribution in [0.4, 0.5) is 4.79 Å². The third-order valence-corrected chi connectivity index (χ3v) is 6.97. The van der Waals surface area contributed by atoms with Crippen molar-refractivity contribution < 1.29 is 19.1 Å². The number of carbonyl (C=O) groups is 3. The smallest absolute Gasteiger partial charge is 0.322 e. The highest BCUT2D eigenvalue weighted by Crippen LogP contribution is 2.34. The molecule has 2 aliphatic heterocycles. The average molecular weight is 496 g/mol. The maximum Gasteiger partial charge on any atom is 0.322 e. The summed E-state index contributed by atoms with van der Waals surface area (Å²) in [6, 6.07) is 18.4. The molecular formula is C28H25N5O4. The van der Waals surface area contributed by atoms with E-state index in [1.54, 1.807) is 15.6 Å². The molecule has 0 bridgehead atoms. The van der Waals surface area contributed by atoms with Crippen LogP contribution in [-0.4, -0.2) is 45.7 Å². The number of carbonyl (C=O) groups excluding carboxylic acids is 3. The van der Waals surface area contributed by atoms with Crippen LogP contribution in [0.3, 0.4) is 0 Å². The normalized spacial score (nSPS) is 18.8. The molecule has 0 unspecified atom stereocenters. The molecule has 6 rings (SSSR count). The summed E-state index contributed by atoms with van der Waals surface area (Å²) >= 11 is 0. The summed E-state index contributed by atoms with van der Waals surface area (Å²) in [6.45, 7) is 2.73. The lowest BCUT2D eigenvalue weighted by molar-refractivity contribution is -0.124. The Balaban J connectivity index is 1.31. The van der Waals surface area contributed by atoms with E-state index in [1.807, 2.05) is 68.7 Å². The van der Waals surface area contributed by atoms with Gasteiger partial charge >= 0.3 is 6.03 Å². The summed E-state index contributed by atoms with van der Waals surface area (Å²) in [6.07, 6.45) is 1.96. The van der Waals surface area contributed by atoms with Crippen LogP contribution in [0.25, 0.3) is 22.0 Å². The number of ether oxygens (including phenoxy) is 1. The van der Waals surface area contributed by atoms with E-state index >= 15 is 0 Å². The summed E-state index contributed by atoms with van der Waals surface area (Å²) in [5.74, 6) is -0.0646. The van der Waals surface area contributed by atoms with Gasteiger partial charge in [-0.25, -0.2) is 4.79 Å². The topological polar surface area (TPSA) is 106 Å². The minimum Gasteiger partial charge on any atom is -0.494 e. The average Bonchev–Trinajstić information content (AvgIpc) is 3.51. The van der Waals surface area contributed by atoms with Crippen molar-refractivity contribution in [3.05, 3.63) is 83.6 Å². The molecule has 186 valence electrons. The molecule has 1 atom stereocenters. The van der Waals surface area contributed by atoms with Gasteiger partial charge in [0.15, 0.2) is 5.54 Å². The second kappa shape index (κ2) is 8.48. The van der Waals surface area contributed by atoms with Crippen LogP contribution in [-0.2, 0) is 23.9 Å². The summed E-state index contributed by atoms with van der Waals surface area (Å²) in [4.78, 5) is 40.3. The van der Waals surface area contributed by atoms with Crippen LogP contribution >= 0.6 is 0 Å². The first-order valence-electron chi connectivity index (χ1n) is 12.1. The van der Waals surface area contributed by atoms with Crippen molar-refractivity contribution in [1.29, 1.82) is 0 Å². The second-order valence-electron chi connectivity index (χ2n) is 9.38. The molecule has 1 fully saturated rings. The van der Waals surface area contributed by atoms with E-state index in [0.717, 1.165) is 27.6 Å². The van der Waals surface area contributed by atoms with E-state index in [4.69, 9.17) is 4.74 Å². The molecule has 4 amide bonds. The lowest BCUT2D eigenvalue weighted by Crippen LogP contribution is -2.52. The molecule has 3 heterocycles. The molecule has 37 heavy (non-hydrogen) atoms. The van der Waals surface area contributed by atoms with Gasteiger partial charge in [0, 0.05) is 30.7 Å². The monoisotopic (exact) mass is 495 g/mol. The van der Waals surface area contributed by atoms with Gasteiger partial charge in [-0.1, -0.05) is 36.4 Å². The minimum absolute atomic E-state index is 0.00302. The van der Waals surface area contributed by atoms with Crippen molar-refractivity contribution in [3.8, 4) is 16.9 Å². The molecule has 4 aromatic rings. The van der Waals surface area contributed by atoms with Gasteiger partial charge < -0.3 is 15.0 Å². The maximum atomic E-state index is 13.3. The van der Waals surface area contributed by atoms with Gasteiger partial charge in [0.05, 0.1) is 18.7 Å². The number of hydrogen-bond acceptors (Lipinski definition) is 5. The van der Waals surface area contributed by atoms with E-state index in [0.29, 0.717) is 30.0 Å². The Morgan fingerprint density at radius 1 is 1.00 bits per heavy atom. The number of urea groups is 1. The van der Waals surface area contributed by atoms with Crippen molar-refractivity contribution in [2.24, 2.45) is 7.05 Å². The fourth-order valence-electron chi connectivity index (χ4n) is 5.18. The number of hydrogen-bond donors (Lipinski definition) is 2. The molecule has 0 aliphatic carbocycles. The highest BCUT2D eigenvalue weighted by Gasteiger charge is 2.50. The maximum absolute atomic E-state index is 13.3. The molecule has 1 saturated heterocycles. The molecule has 0 spiro atoms. The molecule has 9 heteroatoms. The van der Waals surface area contributed by atoms with Gasteiger partial charge in [0.25, 0.3) is 11.8 Å². The summed E-state index contributed by atoms with van der Waals surface area (Å²) in [5, 5.41) is 10.6. The zero-order valence-electron chi connectivity index (χ0n) is 20.4. The van der Waals surface area contributed by atoms with Gasteiger partial charge in [0.2, 0.25) is 0 Å². The van der Waals surface area contributed by atoms with E-state index in [-0.39, 0.29) is 12.5 Å². The number of amides is 4. The summed E-state index contributed by atoms with van der Waals surface area (Å²) in [7, 11) is 1.89. The van der Waals surface area contributed by atoms with E-state index < -0.39 is 17.5 Å². The molecule has 9 nitrogen and oxygen atoms in total. The number of aromatic nitrogens is 2. The van der Waals surface area contributed by atoms with Crippen LogP contribution in [0.1, 0.15) is 28.4 Å². The Morgan fingerprint density at radius 2 is 1.78 bits per heavy atom.